The molecule has 0 amide bonds. The number of nitro groups is 1. The molecule has 0 aromatic heterocycles. The first kappa shape index (κ1) is 15.6. The minimum absolute atomic E-state index is 0.111. The van der Waals surface area contributed by atoms with Crippen molar-refractivity contribution in [2.45, 2.75) is 13.8 Å². The fourth-order valence-electron chi connectivity index (χ4n) is 1.02. The van der Waals surface area contributed by atoms with E-state index in [1.807, 2.05) is 19.9 Å². The summed E-state index contributed by atoms with van der Waals surface area (Å²) in [6, 6.07) is 5.87. The lowest BCUT2D eigenvalue weighted by atomic mass is 10.2. The fraction of sp³-hybridized carbons (Fsp3) is 0.333. The molecule has 0 radical (unpaired) electrons. The summed E-state index contributed by atoms with van der Waals surface area (Å²) in [6.45, 7) is 4.00. The highest BCUT2D eigenvalue weighted by molar-refractivity contribution is 5.66. The Morgan fingerprint density at radius 3 is 2.50 bits per heavy atom. The summed E-state index contributed by atoms with van der Waals surface area (Å²) in [4.78, 5) is 15.7. The van der Waals surface area contributed by atoms with Crippen LogP contribution in [0, 0.1) is 21.4 Å². The van der Waals surface area contributed by atoms with Crippen LogP contribution in [0.5, 0.6) is 0 Å². The van der Waals surface area contributed by atoms with E-state index < -0.39 is 4.92 Å². The van der Waals surface area contributed by atoms with Gasteiger partial charge >= 0.3 is 0 Å². The van der Waals surface area contributed by atoms with Crippen LogP contribution < -0.4 is 0 Å². The molecule has 1 aromatic carbocycles. The summed E-state index contributed by atoms with van der Waals surface area (Å²) in [7, 11) is 3.59. The van der Waals surface area contributed by atoms with Crippen LogP contribution in [0.4, 0.5) is 11.4 Å². The number of hydrogen-bond donors (Lipinski definition) is 0. The lowest BCUT2D eigenvalue weighted by Gasteiger charge is -2.03. The number of non-ortho nitro benzene ring substituents is 1. The van der Waals surface area contributed by atoms with Gasteiger partial charge in [-0.1, -0.05) is 13.8 Å². The summed E-state index contributed by atoms with van der Waals surface area (Å²) in [6.07, 6.45) is 1.53. The molecule has 0 aliphatic carbocycles. The molecule has 0 N–H and O–H groups in total. The Morgan fingerprint density at radius 2 is 2.06 bits per heavy atom. The zero-order valence-electron chi connectivity index (χ0n) is 10.9. The van der Waals surface area contributed by atoms with Crippen molar-refractivity contribution < 1.29 is 4.92 Å². The summed E-state index contributed by atoms with van der Waals surface area (Å²) < 4.78 is 0. The van der Waals surface area contributed by atoms with E-state index in [4.69, 9.17) is 5.26 Å². The van der Waals surface area contributed by atoms with Gasteiger partial charge in [-0.15, -0.1) is 0 Å². The Morgan fingerprint density at radius 1 is 1.44 bits per heavy atom. The molecule has 0 aliphatic heterocycles. The third-order valence-electron chi connectivity index (χ3n) is 1.74. The maximum Gasteiger partial charge on any atom is 0.270 e. The van der Waals surface area contributed by atoms with Crippen LogP contribution in [-0.4, -0.2) is 30.3 Å². The first-order valence-electron chi connectivity index (χ1n) is 5.43. The number of nitro benzene ring substituents is 1. The molecule has 18 heavy (non-hydrogen) atoms. The molecule has 0 aliphatic rings. The van der Waals surface area contributed by atoms with Gasteiger partial charge in [0.2, 0.25) is 0 Å². The first-order valence-corrected chi connectivity index (χ1v) is 5.43. The van der Waals surface area contributed by atoms with Crippen molar-refractivity contribution in [2.24, 2.45) is 4.99 Å². The standard InChI is InChI=1S/C10H10N4O2.C2H6/c1-13(2)7-12-10-4-3-9(14(15)16)5-8(10)6-11;1-2/h3-5,7H,1-2H3;1-2H3. The van der Waals surface area contributed by atoms with Gasteiger partial charge < -0.3 is 4.90 Å². The van der Waals surface area contributed by atoms with E-state index in [2.05, 4.69) is 4.99 Å². The van der Waals surface area contributed by atoms with Crippen molar-refractivity contribution >= 4 is 17.7 Å². The van der Waals surface area contributed by atoms with Gasteiger partial charge in [0.25, 0.3) is 5.69 Å². The number of nitriles is 1. The predicted octanol–water partition coefficient (Wildman–Crippen LogP) is 2.71. The van der Waals surface area contributed by atoms with Crippen LogP contribution in [0.1, 0.15) is 19.4 Å². The smallest absolute Gasteiger partial charge is 0.270 e. The largest absolute Gasteiger partial charge is 0.369 e. The quantitative estimate of drug-likeness (QED) is 0.356. The highest BCUT2D eigenvalue weighted by atomic mass is 16.6. The van der Waals surface area contributed by atoms with Gasteiger partial charge in [-0.05, 0) is 6.07 Å². The monoisotopic (exact) mass is 248 g/mol. The van der Waals surface area contributed by atoms with Gasteiger partial charge in [0, 0.05) is 26.2 Å². The first-order chi connectivity index (χ1) is 8.54. The molecular formula is C12H16N4O2. The third-order valence-corrected chi connectivity index (χ3v) is 1.74. The minimum atomic E-state index is -0.541. The van der Waals surface area contributed by atoms with E-state index in [-0.39, 0.29) is 11.3 Å². The van der Waals surface area contributed by atoms with Crippen molar-refractivity contribution in [3.8, 4) is 6.07 Å². The number of aliphatic imine (C=N–C) groups is 1. The Kier molecular flexibility index (Phi) is 6.74. The van der Waals surface area contributed by atoms with Gasteiger partial charge in [0.05, 0.1) is 22.5 Å². The van der Waals surface area contributed by atoms with Gasteiger partial charge in [-0.2, -0.15) is 5.26 Å². The topological polar surface area (TPSA) is 82.5 Å². The minimum Gasteiger partial charge on any atom is -0.369 e. The van der Waals surface area contributed by atoms with Crippen molar-refractivity contribution in [1.29, 1.82) is 5.26 Å². The van der Waals surface area contributed by atoms with Gasteiger partial charge in [0.1, 0.15) is 6.07 Å². The molecule has 0 spiro atoms. The zero-order chi connectivity index (χ0) is 14.1. The van der Waals surface area contributed by atoms with Crippen molar-refractivity contribution in [2.75, 3.05) is 14.1 Å². The Hall–Kier alpha value is -2.42. The predicted molar refractivity (Wildman–Crippen MR) is 71.0 cm³/mol. The van der Waals surface area contributed by atoms with E-state index >= 15 is 0 Å². The van der Waals surface area contributed by atoms with Crippen LogP contribution in [0.3, 0.4) is 0 Å². The van der Waals surface area contributed by atoms with Gasteiger partial charge in [-0.3, -0.25) is 10.1 Å². The molecule has 0 saturated carbocycles. The highest BCUT2D eigenvalue weighted by Gasteiger charge is 2.09. The second kappa shape index (κ2) is 7.79. The number of rotatable bonds is 3. The van der Waals surface area contributed by atoms with Crippen LogP contribution in [0.25, 0.3) is 0 Å². The average Bonchev–Trinajstić information content (AvgIpc) is 2.38. The average molecular weight is 248 g/mol. The second-order valence-electron chi connectivity index (χ2n) is 3.28. The fourth-order valence-corrected chi connectivity index (χ4v) is 1.02. The molecule has 6 nitrogen and oxygen atoms in total. The molecule has 0 fully saturated rings. The Bertz CT molecular complexity index is 475. The second-order valence-corrected chi connectivity index (χ2v) is 3.28. The van der Waals surface area contributed by atoms with E-state index in [0.717, 1.165) is 0 Å². The maximum atomic E-state index is 10.5. The van der Waals surface area contributed by atoms with E-state index in [9.17, 15) is 10.1 Å². The molecule has 1 rings (SSSR count). The van der Waals surface area contributed by atoms with Crippen LogP contribution in [0.2, 0.25) is 0 Å². The van der Waals surface area contributed by atoms with Crippen LogP contribution >= 0.6 is 0 Å². The van der Waals surface area contributed by atoms with Crippen molar-refractivity contribution in [1.82, 2.24) is 4.90 Å². The van der Waals surface area contributed by atoms with Crippen molar-refractivity contribution in [3.63, 3.8) is 0 Å². The molecule has 1 aromatic rings. The lowest BCUT2D eigenvalue weighted by molar-refractivity contribution is -0.384. The summed E-state index contributed by atoms with van der Waals surface area (Å²) >= 11 is 0. The zero-order valence-corrected chi connectivity index (χ0v) is 10.9. The number of hydrogen-bond acceptors (Lipinski definition) is 4. The molecule has 6 heteroatoms. The molecule has 96 valence electrons. The SMILES string of the molecule is CC.CN(C)C=Nc1ccc([N+](=O)[O-])cc1C#N. The summed E-state index contributed by atoms with van der Waals surface area (Å²) in [5.74, 6) is 0. The number of nitrogens with zero attached hydrogens (tertiary/aromatic N) is 4. The Labute approximate surface area is 106 Å². The van der Waals surface area contributed by atoms with Gasteiger partial charge in [-0.25, -0.2) is 4.99 Å². The highest BCUT2D eigenvalue weighted by Crippen LogP contribution is 2.23. The van der Waals surface area contributed by atoms with Crippen LogP contribution in [-0.2, 0) is 0 Å². The van der Waals surface area contributed by atoms with E-state index in [0.29, 0.717) is 5.69 Å². The summed E-state index contributed by atoms with van der Waals surface area (Å²) in [5.41, 5.74) is 0.495. The van der Waals surface area contributed by atoms with E-state index in [1.165, 1.54) is 24.5 Å². The number of benzene rings is 1. The molecule has 0 atom stereocenters. The third kappa shape index (κ3) is 4.61. The molecule has 0 unspecified atom stereocenters. The molecule has 0 saturated heterocycles. The lowest BCUT2D eigenvalue weighted by Crippen LogP contribution is -2.07. The molecule has 0 heterocycles. The molecule has 0 bridgehead atoms. The van der Waals surface area contributed by atoms with Crippen LogP contribution in [0.15, 0.2) is 23.2 Å². The molecular weight excluding hydrogens is 232 g/mol. The van der Waals surface area contributed by atoms with Crippen molar-refractivity contribution in [3.05, 3.63) is 33.9 Å². The normalized spacial score (nSPS) is 9.28. The van der Waals surface area contributed by atoms with E-state index in [1.54, 1.807) is 19.0 Å². The maximum absolute atomic E-state index is 10.5. The van der Waals surface area contributed by atoms with Gasteiger partial charge in [0.15, 0.2) is 0 Å². The summed E-state index contributed by atoms with van der Waals surface area (Å²) in [5, 5.41) is 19.3. The Balaban J connectivity index is 0.00000137.